The molecule has 2 unspecified atom stereocenters. The second kappa shape index (κ2) is 11.3. The fraction of sp³-hybridized carbons (Fsp3) is 0.323. The maximum Gasteiger partial charge on any atom is 0.411 e. The van der Waals surface area contributed by atoms with Crippen LogP contribution in [0.2, 0.25) is 0 Å². The number of ether oxygens (including phenoxy) is 1. The summed E-state index contributed by atoms with van der Waals surface area (Å²) in [7, 11) is 2.04. The molecular weight excluding hydrogens is 492 g/mol. The van der Waals surface area contributed by atoms with Gasteiger partial charge >= 0.3 is 6.09 Å². The maximum absolute atomic E-state index is 13.9. The topological polar surface area (TPSA) is 82.2 Å². The first-order valence-electron chi connectivity index (χ1n) is 13.3. The number of likely N-dealkylation sites (N-methyl/N-ethyl adjacent to an activating group) is 1. The van der Waals surface area contributed by atoms with Crippen LogP contribution in [-0.2, 0) is 16.1 Å². The van der Waals surface area contributed by atoms with Gasteiger partial charge in [0.25, 0.3) is 5.91 Å². The second-order valence-electron chi connectivity index (χ2n) is 10.4. The summed E-state index contributed by atoms with van der Waals surface area (Å²) in [6, 6.07) is 21.6. The lowest BCUT2D eigenvalue weighted by molar-refractivity contribution is -0.138. The molecule has 202 valence electrons. The number of piperazine rings is 1. The Bertz CT molecular complexity index is 1350. The van der Waals surface area contributed by atoms with Crippen molar-refractivity contribution in [3.05, 3.63) is 101 Å². The van der Waals surface area contributed by atoms with Crippen molar-refractivity contribution in [1.29, 1.82) is 0 Å². The molecule has 2 aliphatic rings. The molecule has 8 heteroatoms. The number of hydrogen-bond acceptors (Lipinski definition) is 5. The minimum Gasteiger partial charge on any atom is -0.438 e. The Labute approximate surface area is 229 Å². The Hall–Kier alpha value is -4.17. The average Bonchev–Trinajstić information content (AvgIpc) is 3.26. The van der Waals surface area contributed by atoms with Crippen molar-refractivity contribution in [2.24, 2.45) is 0 Å². The molecule has 3 aromatic rings. The van der Waals surface area contributed by atoms with Crippen molar-refractivity contribution in [2.45, 2.75) is 32.5 Å². The van der Waals surface area contributed by atoms with Gasteiger partial charge in [0, 0.05) is 37.4 Å². The van der Waals surface area contributed by atoms with Gasteiger partial charge in [0.1, 0.15) is 0 Å². The highest BCUT2D eigenvalue weighted by molar-refractivity contribution is 6.04. The molecule has 1 N–H and O–H groups in total. The molecule has 3 amide bonds. The minimum absolute atomic E-state index is 0.107. The second-order valence-corrected chi connectivity index (χ2v) is 10.4. The molecule has 2 saturated heterocycles. The van der Waals surface area contributed by atoms with Gasteiger partial charge < -0.3 is 19.9 Å². The van der Waals surface area contributed by atoms with E-state index in [0.717, 1.165) is 29.8 Å². The highest BCUT2D eigenvalue weighted by Crippen LogP contribution is 2.36. The lowest BCUT2D eigenvalue weighted by Gasteiger charge is -2.36. The van der Waals surface area contributed by atoms with Crippen LogP contribution >= 0.6 is 0 Å². The number of amides is 3. The van der Waals surface area contributed by atoms with Gasteiger partial charge in [-0.3, -0.25) is 14.5 Å². The number of carbonyl (C=O) groups excluding carboxylic acids is 3. The van der Waals surface area contributed by atoms with Crippen LogP contribution in [-0.4, -0.2) is 71.9 Å². The first-order valence-corrected chi connectivity index (χ1v) is 13.3. The zero-order valence-electron chi connectivity index (χ0n) is 22.6. The largest absolute Gasteiger partial charge is 0.438 e. The third-order valence-electron chi connectivity index (χ3n) is 7.57. The fourth-order valence-corrected chi connectivity index (χ4v) is 5.04. The first kappa shape index (κ1) is 26.4. The summed E-state index contributed by atoms with van der Waals surface area (Å²) >= 11 is 0. The number of cyclic esters (lactones) is 1. The summed E-state index contributed by atoms with van der Waals surface area (Å²) in [5.41, 5.74) is 5.00. The maximum atomic E-state index is 13.9. The van der Waals surface area contributed by atoms with E-state index in [-0.39, 0.29) is 18.4 Å². The van der Waals surface area contributed by atoms with Crippen molar-refractivity contribution < 1.29 is 19.1 Å². The monoisotopic (exact) mass is 526 g/mol. The Balaban J connectivity index is 1.39. The summed E-state index contributed by atoms with van der Waals surface area (Å²) in [4.78, 5) is 45.3. The fourth-order valence-electron chi connectivity index (χ4n) is 5.04. The first-order chi connectivity index (χ1) is 18.8. The van der Waals surface area contributed by atoms with E-state index >= 15 is 0 Å². The van der Waals surface area contributed by atoms with Gasteiger partial charge in [-0.15, -0.1) is 0 Å². The molecule has 39 heavy (non-hydrogen) atoms. The normalized spacial score (nSPS) is 19.6. The molecule has 0 spiro atoms. The molecule has 2 heterocycles. The van der Waals surface area contributed by atoms with Crippen molar-refractivity contribution in [1.82, 2.24) is 14.7 Å². The zero-order valence-corrected chi connectivity index (χ0v) is 22.6. The molecule has 2 fully saturated rings. The van der Waals surface area contributed by atoms with Gasteiger partial charge in [-0.05, 0) is 61.9 Å². The molecule has 8 nitrogen and oxygen atoms in total. The van der Waals surface area contributed by atoms with E-state index in [1.54, 1.807) is 29.2 Å². The Morgan fingerprint density at radius 3 is 2.23 bits per heavy atom. The lowest BCUT2D eigenvalue weighted by atomic mass is 9.99. The third kappa shape index (κ3) is 5.81. The van der Waals surface area contributed by atoms with Gasteiger partial charge in [-0.25, -0.2) is 4.79 Å². The number of anilines is 1. The van der Waals surface area contributed by atoms with E-state index in [4.69, 9.17) is 4.74 Å². The van der Waals surface area contributed by atoms with Crippen LogP contribution in [0.15, 0.2) is 72.8 Å². The lowest BCUT2D eigenvalue weighted by Crippen LogP contribution is -2.54. The molecule has 0 aromatic heterocycles. The van der Waals surface area contributed by atoms with Gasteiger partial charge in [0.2, 0.25) is 5.91 Å². The van der Waals surface area contributed by atoms with E-state index in [2.05, 4.69) is 10.2 Å². The molecule has 2 atom stereocenters. The van der Waals surface area contributed by atoms with Crippen LogP contribution in [0, 0.1) is 13.8 Å². The van der Waals surface area contributed by atoms with Crippen molar-refractivity contribution in [3.8, 4) is 0 Å². The van der Waals surface area contributed by atoms with Gasteiger partial charge in [-0.2, -0.15) is 0 Å². The van der Waals surface area contributed by atoms with Crippen LogP contribution in [0.1, 0.15) is 38.7 Å². The van der Waals surface area contributed by atoms with Gasteiger partial charge in [-0.1, -0.05) is 54.1 Å². The standard InChI is InChI=1S/C31H34N4O4/c1-21-8-10-24(11-9-21)29(36)32-26-14-12-23(13-15-26)28-27(30(37)34-18-16-33(3)17-19-34)35(31(38)39-28)20-25-7-5-4-6-22(25)2/h4-15,27-28H,16-20H2,1-3H3,(H,32,36). The predicted octanol–water partition coefficient (Wildman–Crippen LogP) is 4.39. The van der Waals surface area contributed by atoms with Gasteiger partial charge in [0.05, 0.1) is 6.54 Å². The quantitative estimate of drug-likeness (QED) is 0.515. The summed E-state index contributed by atoms with van der Waals surface area (Å²) < 4.78 is 5.86. The third-order valence-corrected chi connectivity index (χ3v) is 7.57. The summed E-state index contributed by atoms with van der Waals surface area (Å²) in [6.45, 7) is 7.03. The van der Waals surface area contributed by atoms with Gasteiger partial charge in [0.15, 0.2) is 12.1 Å². The van der Waals surface area contributed by atoms with E-state index in [1.807, 2.05) is 74.3 Å². The smallest absolute Gasteiger partial charge is 0.411 e. The SMILES string of the molecule is Cc1ccc(C(=O)Nc2ccc(C3OC(=O)N(Cc4ccccc4C)C3C(=O)N3CCN(C)CC3)cc2)cc1. The molecule has 0 aliphatic carbocycles. The molecule has 2 aliphatic heterocycles. The van der Waals surface area contributed by atoms with Crippen molar-refractivity contribution >= 4 is 23.6 Å². The van der Waals surface area contributed by atoms with E-state index in [1.165, 1.54) is 0 Å². The highest BCUT2D eigenvalue weighted by atomic mass is 16.6. The molecule has 0 bridgehead atoms. The number of rotatable bonds is 6. The molecule has 5 rings (SSSR count). The average molecular weight is 527 g/mol. The highest BCUT2D eigenvalue weighted by Gasteiger charge is 2.48. The summed E-state index contributed by atoms with van der Waals surface area (Å²) in [6.07, 6.45) is -1.26. The number of hydrogen-bond donors (Lipinski definition) is 1. The van der Waals surface area contributed by atoms with Crippen molar-refractivity contribution in [3.63, 3.8) is 0 Å². The molecule has 0 radical (unpaired) electrons. The Morgan fingerprint density at radius 2 is 1.56 bits per heavy atom. The van der Waals surface area contributed by atoms with Crippen LogP contribution in [0.4, 0.5) is 10.5 Å². The molecular formula is C31H34N4O4. The Morgan fingerprint density at radius 1 is 0.897 bits per heavy atom. The number of aryl methyl sites for hydroxylation is 2. The number of nitrogens with zero attached hydrogens (tertiary/aromatic N) is 3. The van der Waals surface area contributed by atoms with E-state index in [0.29, 0.717) is 29.9 Å². The van der Waals surface area contributed by atoms with E-state index in [9.17, 15) is 14.4 Å². The van der Waals surface area contributed by atoms with Crippen LogP contribution < -0.4 is 5.32 Å². The predicted molar refractivity (Wildman–Crippen MR) is 149 cm³/mol. The van der Waals surface area contributed by atoms with Crippen LogP contribution in [0.3, 0.4) is 0 Å². The minimum atomic E-state index is -0.784. The number of benzene rings is 3. The Kier molecular flexibility index (Phi) is 7.65. The molecule has 3 aromatic carbocycles. The molecule has 0 saturated carbocycles. The zero-order chi connectivity index (χ0) is 27.5. The van der Waals surface area contributed by atoms with Crippen molar-refractivity contribution in [2.75, 3.05) is 38.5 Å². The van der Waals surface area contributed by atoms with Crippen LogP contribution in [0.25, 0.3) is 0 Å². The number of carbonyl (C=O) groups is 3. The van der Waals surface area contributed by atoms with Crippen LogP contribution in [0.5, 0.6) is 0 Å². The summed E-state index contributed by atoms with van der Waals surface area (Å²) in [5.74, 6) is -0.313. The number of nitrogens with one attached hydrogen (secondary N) is 1. The summed E-state index contributed by atoms with van der Waals surface area (Å²) in [5, 5.41) is 2.90. The van der Waals surface area contributed by atoms with E-state index < -0.39 is 18.2 Å².